The van der Waals surface area contributed by atoms with Gasteiger partial charge in [-0.15, -0.1) is 0 Å². The minimum Gasteiger partial charge on any atom is -0.478 e. The van der Waals surface area contributed by atoms with Crippen molar-refractivity contribution in [2.45, 2.75) is 19.3 Å². The summed E-state index contributed by atoms with van der Waals surface area (Å²) in [5, 5.41) is 8.61. The maximum Gasteiger partial charge on any atom is 0.330 e. The van der Waals surface area contributed by atoms with Crippen LogP contribution in [0.1, 0.15) is 19.3 Å². The molecule has 0 spiro atoms. The molecule has 1 heterocycles. The maximum atomic E-state index is 10.5. The summed E-state index contributed by atoms with van der Waals surface area (Å²) in [6.07, 6.45) is 3.06. The van der Waals surface area contributed by atoms with Gasteiger partial charge in [0.15, 0.2) is 0 Å². The van der Waals surface area contributed by atoms with Gasteiger partial charge in [-0.2, -0.15) is 11.8 Å². The molecule has 0 aromatic carbocycles. The van der Waals surface area contributed by atoms with Crippen LogP contribution in [0.25, 0.3) is 0 Å². The van der Waals surface area contributed by atoms with Crippen molar-refractivity contribution in [2.75, 3.05) is 11.5 Å². The molecule has 0 radical (unpaired) electrons. The van der Waals surface area contributed by atoms with Gasteiger partial charge in [-0.1, -0.05) is 6.58 Å². The SMILES string of the molecule is C=C(CC1CCCSC1)C(=O)O. The maximum absolute atomic E-state index is 10.5. The summed E-state index contributed by atoms with van der Waals surface area (Å²) in [4.78, 5) is 10.5. The molecule has 1 aliphatic heterocycles. The van der Waals surface area contributed by atoms with E-state index in [-0.39, 0.29) is 0 Å². The van der Waals surface area contributed by atoms with Crippen LogP contribution >= 0.6 is 11.8 Å². The largest absolute Gasteiger partial charge is 0.478 e. The molecule has 0 bridgehead atoms. The smallest absolute Gasteiger partial charge is 0.330 e. The van der Waals surface area contributed by atoms with Gasteiger partial charge in [0.05, 0.1) is 0 Å². The van der Waals surface area contributed by atoms with Crippen LogP contribution in [-0.2, 0) is 4.79 Å². The minimum absolute atomic E-state index is 0.363. The van der Waals surface area contributed by atoms with Crippen molar-refractivity contribution >= 4 is 17.7 Å². The Kier molecular flexibility index (Phi) is 3.66. The Labute approximate surface area is 77.0 Å². The Bertz CT molecular complexity index is 183. The quantitative estimate of drug-likeness (QED) is 0.686. The second-order valence-corrected chi connectivity index (χ2v) is 4.35. The molecule has 1 unspecified atom stereocenters. The monoisotopic (exact) mass is 186 g/mol. The van der Waals surface area contributed by atoms with Gasteiger partial charge in [0, 0.05) is 5.57 Å². The van der Waals surface area contributed by atoms with E-state index in [9.17, 15) is 4.79 Å². The number of rotatable bonds is 3. The van der Waals surface area contributed by atoms with Gasteiger partial charge < -0.3 is 5.11 Å². The van der Waals surface area contributed by atoms with Crippen LogP contribution in [0, 0.1) is 5.92 Å². The van der Waals surface area contributed by atoms with Gasteiger partial charge in [-0.3, -0.25) is 0 Å². The van der Waals surface area contributed by atoms with E-state index in [4.69, 9.17) is 5.11 Å². The van der Waals surface area contributed by atoms with Crippen LogP contribution in [0.15, 0.2) is 12.2 Å². The lowest BCUT2D eigenvalue weighted by Crippen LogP contribution is -2.13. The van der Waals surface area contributed by atoms with E-state index < -0.39 is 5.97 Å². The Morgan fingerprint density at radius 3 is 2.92 bits per heavy atom. The van der Waals surface area contributed by atoms with Gasteiger partial charge in [0.25, 0.3) is 0 Å². The number of hydrogen-bond acceptors (Lipinski definition) is 2. The Hall–Kier alpha value is -0.440. The summed E-state index contributed by atoms with van der Waals surface area (Å²) in [6, 6.07) is 0. The minimum atomic E-state index is -0.842. The zero-order valence-electron chi connectivity index (χ0n) is 7.08. The molecule has 1 N–H and O–H groups in total. The number of thioether (sulfide) groups is 1. The van der Waals surface area contributed by atoms with Crippen molar-refractivity contribution < 1.29 is 9.90 Å². The van der Waals surface area contributed by atoms with Gasteiger partial charge in [-0.05, 0) is 36.7 Å². The Morgan fingerprint density at radius 1 is 1.67 bits per heavy atom. The van der Waals surface area contributed by atoms with E-state index in [1.165, 1.54) is 18.6 Å². The summed E-state index contributed by atoms with van der Waals surface area (Å²) < 4.78 is 0. The molecule has 12 heavy (non-hydrogen) atoms. The number of carbonyl (C=O) groups is 1. The fraction of sp³-hybridized carbons (Fsp3) is 0.667. The molecule has 0 amide bonds. The second-order valence-electron chi connectivity index (χ2n) is 3.20. The third-order valence-electron chi connectivity index (χ3n) is 2.09. The highest BCUT2D eigenvalue weighted by Gasteiger charge is 2.16. The molecule has 2 nitrogen and oxygen atoms in total. The summed E-state index contributed by atoms with van der Waals surface area (Å²) in [6.45, 7) is 3.54. The van der Waals surface area contributed by atoms with Gasteiger partial charge >= 0.3 is 5.97 Å². The molecular formula is C9H14O2S. The summed E-state index contributed by atoms with van der Waals surface area (Å²) >= 11 is 1.92. The zero-order chi connectivity index (χ0) is 8.97. The summed E-state index contributed by atoms with van der Waals surface area (Å²) in [7, 11) is 0. The van der Waals surface area contributed by atoms with Crippen molar-refractivity contribution in [3.05, 3.63) is 12.2 Å². The van der Waals surface area contributed by atoms with Crippen molar-refractivity contribution in [1.82, 2.24) is 0 Å². The van der Waals surface area contributed by atoms with Gasteiger partial charge in [0.2, 0.25) is 0 Å². The van der Waals surface area contributed by atoms with E-state index in [0.717, 1.165) is 5.75 Å². The molecule has 68 valence electrons. The molecule has 1 aliphatic rings. The van der Waals surface area contributed by atoms with E-state index >= 15 is 0 Å². The average Bonchev–Trinajstić information content (AvgIpc) is 2.06. The number of aliphatic carboxylic acids is 1. The number of carboxylic acids is 1. The first-order valence-electron chi connectivity index (χ1n) is 4.19. The van der Waals surface area contributed by atoms with Crippen molar-refractivity contribution in [1.29, 1.82) is 0 Å². The molecule has 0 saturated carbocycles. The third kappa shape index (κ3) is 2.89. The molecule has 1 fully saturated rings. The normalized spacial score (nSPS) is 23.5. The second kappa shape index (κ2) is 4.55. The highest BCUT2D eigenvalue weighted by Crippen LogP contribution is 2.27. The predicted molar refractivity (Wildman–Crippen MR) is 51.4 cm³/mol. The van der Waals surface area contributed by atoms with Crippen LogP contribution in [0.4, 0.5) is 0 Å². The van der Waals surface area contributed by atoms with Crippen LogP contribution in [-0.4, -0.2) is 22.6 Å². The molecule has 1 saturated heterocycles. The molecule has 3 heteroatoms. The highest BCUT2D eigenvalue weighted by atomic mass is 32.2. The third-order valence-corrected chi connectivity index (χ3v) is 3.38. The first-order chi connectivity index (χ1) is 5.70. The predicted octanol–water partition coefficient (Wildman–Crippen LogP) is 2.16. The van der Waals surface area contributed by atoms with E-state index in [1.807, 2.05) is 11.8 Å². The fourth-order valence-electron chi connectivity index (χ4n) is 1.40. The van der Waals surface area contributed by atoms with Crippen molar-refractivity contribution in [3.63, 3.8) is 0 Å². The molecular weight excluding hydrogens is 172 g/mol. The topological polar surface area (TPSA) is 37.3 Å². The lowest BCUT2D eigenvalue weighted by molar-refractivity contribution is -0.132. The van der Waals surface area contributed by atoms with E-state index in [0.29, 0.717) is 17.9 Å². The number of carboxylic acid groups (broad SMARTS) is 1. The Balaban J connectivity index is 2.29. The number of hydrogen-bond donors (Lipinski definition) is 1. The van der Waals surface area contributed by atoms with E-state index in [1.54, 1.807) is 0 Å². The summed E-state index contributed by atoms with van der Waals surface area (Å²) in [5.74, 6) is 2.04. The molecule has 0 aromatic heterocycles. The zero-order valence-corrected chi connectivity index (χ0v) is 7.90. The first-order valence-corrected chi connectivity index (χ1v) is 5.34. The standard InChI is InChI=1S/C9H14O2S/c1-7(9(10)11)5-8-3-2-4-12-6-8/h8H,1-6H2,(H,10,11). The lowest BCUT2D eigenvalue weighted by Gasteiger charge is -2.20. The van der Waals surface area contributed by atoms with Crippen LogP contribution < -0.4 is 0 Å². The highest BCUT2D eigenvalue weighted by molar-refractivity contribution is 7.99. The Morgan fingerprint density at radius 2 is 2.42 bits per heavy atom. The molecule has 1 rings (SSSR count). The summed E-state index contributed by atoms with van der Waals surface area (Å²) in [5.41, 5.74) is 0.363. The molecule has 0 aromatic rings. The lowest BCUT2D eigenvalue weighted by atomic mass is 9.97. The van der Waals surface area contributed by atoms with Crippen molar-refractivity contribution in [3.8, 4) is 0 Å². The molecule has 0 aliphatic carbocycles. The fourth-order valence-corrected chi connectivity index (χ4v) is 2.56. The van der Waals surface area contributed by atoms with Gasteiger partial charge in [-0.25, -0.2) is 4.79 Å². The van der Waals surface area contributed by atoms with Crippen LogP contribution in [0.3, 0.4) is 0 Å². The first kappa shape index (κ1) is 9.65. The average molecular weight is 186 g/mol. The van der Waals surface area contributed by atoms with E-state index in [2.05, 4.69) is 6.58 Å². The van der Waals surface area contributed by atoms with Gasteiger partial charge in [0.1, 0.15) is 0 Å². The van der Waals surface area contributed by atoms with Crippen molar-refractivity contribution in [2.24, 2.45) is 5.92 Å². The van der Waals surface area contributed by atoms with Crippen LogP contribution in [0.5, 0.6) is 0 Å². The van der Waals surface area contributed by atoms with Crippen LogP contribution in [0.2, 0.25) is 0 Å². The molecule has 1 atom stereocenters.